The van der Waals surface area contributed by atoms with Crippen molar-refractivity contribution in [1.29, 1.82) is 0 Å². The molecule has 7 nitrogen and oxygen atoms in total. The number of hydrogen-bond acceptors (Lipinski definition) is 5. The van der Waals surface area contributed by atoms with Gasteiger partial charge < -0.3 is 25.3 Å². The number of ketones is 1. The van der Waals surface area contributed by atoms with Gasteiger partial charge in [0.15, 0.2) is 5.78 Å². The molecule has 0 aliphatic rings. The fourth-order valence-corrected chi connectivity index (χ4v) is 4.20. The third kappa shape index (κ3) is 5.45. The number of anilines is 2. The monoisotopic (exact) mass is 520 g/mol. The van der Waals surface area contributed by atoms with Crippen molar-refractivity contribution in [1.82, 2.24) is 9.88 Å². The van der Waals surface area contributed by atoms with Crippen LogP contribution in [0.2, 0.25) is 0 Å². The van der Waals surface area contributed by atoms with Crippen molar-refractivity contribution in [3.63, 3.8) is 0 Å². The molecule has 0 bridgehead atoms. The number of carbonyl (C=O) groups excluding carboxylic acids is 2. The van der Waals surface area contributed by atoms with E-state index in [1.54, 1.807) is 13.0 Å². The highest BCUT2D eigenvalue weighted by Crippen LogP contribution is 3.02. The maximum absolute atomic E-state index is 13.5. The molecule has 0 radical (unpaired) electrons. The van der Waals surface area contributed by atoms with Crippen molar-refractivity contribution in [2.75, 3.05) is 38.4 Å². The summed E-state index contributed by atoms with van der Waals surface area (Å²) in [6.07, 6.45) is 1.47. The van der Waals surface area contributed by atoms with Gasteiger partial charge in [-0.25, -0.2) is 0 Å². The number of carbonyl (C=O) groups is 2. The molecule has 192 valence electrons. The second-order valence-electron chi connectivity index (χ2n) is 8.09. The van der Waals surface area contributed by atoms with E-state index >= 15 is 0 Å². The lowest BCUT2D eigenvalue weighted by Crippen LogP contribution is -2.19. The summed E-state index contributed by atoms with van der Waals surface area (Å²) in [6.45, 7) is 1.50. The van der Waals surface area contributed by atoms with Crippen LogP contribution in [-0.2, 0) is 6.54 Å². The van der Waals surface area contributed by atoms with Gasteiger partial charge in [-0.1, -0.05) is 19.4 Å². The fourth-order valence-electron chi connectivity index (χ4n) is 3.51. The maximum Gasteiger partial charge on any atom is 0.310 e. The molecule has 0 unspecified atom stereocenters. The van der Waals surface area contributed by atoms with Crippen LogP contribution in [0.25, 0.3) is 10.8 Å². The SMILES string of the molecule is CCOc1cc2cn(CC(=O)c3cc(N(C)C)cc(S(F)(F)(F)(F)F)c3)c(N)c2cc1C(=O)NC. The van der Waals surface area contributed by atoms with Gasteiger partial charge in [-0.05, 0) is 37.3 Å². The number of nitrogens with zero attached hydrogens (tertiary/aromatic N) is 2. The lowest BCUT2D eigenvalue weighted by Gasteiger charge is -2.41. The smallest absolute Gasteiger partial charge is 0.310 e. The number of Topliss-reactive ketones (excluding diaryl/α,β-unsaturated/α-hetero) is 1. The van der Waals surface area contributed by atoms with Crippen molar-refractivity contribution >= 4 is 44.2 Å². The number of benzene rings is 2. The molecule has 0 aliphatic heterocycles. The van der Waals surface area contributed by atoms with E-state index in [0.717, 1.165) is 6.07 Å². The van der Waals surface area contributed by atoms with E-state index in [9.17, 15) is 29.0 Å². The molecule has 3 rings (SSSR count). The molecule has 35 heavy (non-hydrogen) atoms. The van der Waals surface area contributed by atoms with Crippen LogP contribution in [-0.4, -0.2) is 44.0 Å². The highest BCUT2D eigenvalue weighted by Gasteiger charge is 2.65. The standard InChI is InChI=1S/C22H25F5N4O3S/c1-5-34-20-8-14-11-31(21(28)17(14)10-18(20)22(33)29-2)12-19(32)13-6-15(30(3)4)9-16(7-13)35(23,24,25,26)27/h6-11H,5,12,28H2,1-4H3,(H,29,33). The van der Waals surface area contributed by atoms with Gasteiger partial charge in [0.1, 0.15) is 16.5 Å². The van der Waals surface area contributed by atoms with Crippen LogP contribution in [0.1, 0.15) is 27.6 Å². The van der Waals surface area contributed by atoms with Crippen LogP contribution in [0.3, 0.4) is 0 Å². The summed E-state index contributed by atoms with van der Waals surface area (Å²) in [6, 6.07) is 4.61. The fraction of sp³-hybridized carbons (Fsp3) is 0.273. The molecule has 1 amide bonds. The molecule has 1 heterocycles. The van der Waals surface area contributed by atoms with Crippen LogP contribution in [0.4, 0.5) is 30.9 Å². The molecule has 2 aromatic carbocycles. The topological polar surface area (TPSA) is 89.6 Å². The Labute approximate surface area is 198 Å². The third-order valence-corrected chi connectivity index (χ3v) is 6.42. The number of rotatable bonds is 8. The average Bonchev–Trinajstić information content (AvgIpc) is 3.05. The lowest BCUT2D eigenvalue weighted by molar-refractivity contribution is 0.0955. The van der Waals surface area contributed by atoms with Gasteiger partial charge in [-0.2, -0.15) is 0 Å². The first kappa shape index (κ1) is 26.1. The molecular weight excluding hydrogens is 495 g/mol. The van der Waals surface area contributed by atoms with Crippen molar-refractivity contribution < 1.29 is 33.8 Å². The summed E-state index contributed by atoms with van der Waals surface area (Å²) in [7, 11) is -5.85. The van der Waals surface area contributed by atoms with Gasteiger partial charge in [0.05, 0.1) is 18.7 Å². The van der Waals surface area contributed by atoms with Crippen molar-refractivity contribution in [3.8, 4) is 5.75 Å². The highest BCUT2D eigenvalue weighted by atomic mass is 32.5. The summed E-state index contributed by atoms with van der Waals surface area (Å²) >= 11 is 0. The molecule has 3 N–H and O–H groups in total. The Bertz CT molecular complexity index is 1340. The van der Waals surface area contributed by atoms with Crippen molar-refractivity contribution in [2.24, 2.45) is 0 Å². The molecule has 1 aromatic heterocycles. The zero-order valence-electron chi connectivity index (χ0n) is 19.4. The van der Waals surface area contributed by atoms with E-state index in [1.165, 1.54) is 42.9 Å². The van der Waals surface area contributed by atoms with E-state index in [4.69, 9.17) is 10.5 Å². The van der Waals surface area contributed by atoms with Gasteiger partial charge in [0, 0.05) is 49.4 Å². The largest absolute Gasteiger partial charge is 0.493 e. The minimum Gasteiger partial charge on any atom is -0.493 e. The summed E-state index contributed by atoms with van der Waals surface area (Å²) in [5, 5.41) is 3.41. The zero-order chi connectivity index (χ0) is 26.4. The van der Waals surface area contributed by atoms with E-state index < -0.39 is 38.9 Å². The Kier molecular flexibility index (Phi) is 6.00. The molecule has 0 spiro atoms. The molecule has 13 heteroatoms. The van der Waals surface area contributed by atoms with E-state index in [-0.39, 0.29) is 35.5 Å². The quantitative estimate of drug-likeness (QED) is 0.299. The van der Waals surface area contributed by atoms with Crippen molar-refractivity contribution in [2.45, 2.75) is 18.4 Å². The molecule has 0 fully saturated rings. The second-order valence-corrected chi connectivity index (χ2v) is 10.5. The van der Waals surface area contributed by atoms with Gasteiger partial charge in [-0.3, -0.25) is 9.59 Å². The average molecular weight is 521 g/mol. The number of nitrogens with two attached hydrogens (primary N) is 1. The number of nitrogen functional groups attached to an aromatic ring is 1. The van der Waals surface area contributed by atoms with Crippen LogP contribution < -0.4 is 20.7 Å². The van der Waals surface area contributed by atoms with E-state index in [0.29, 0.717) is 16.8 Å². The predicted molar refractivity (Wildman–Crippen MR) is 127 cm³/mol. The number of halogens is 5. The van der Waals surface area contributed by atoms with Gasteiger partial charge in [-0.15, -0.1) is 0 Å². The first-order valence-electron chi connectivity index (χ1n) is 10.3. The van der Waals surface area contributed by atoms with E-state index in [2.05, 4.69) is 5.32 Å². The summed E-state index contributed by atoms with van der Waals surface area (Å²) in [4.78, 5) is 24.2. The minimum atomic E-state index is -10.0. The van der Waals surface area contributed by atoms with Crippen molar-refractivity contribution in [3.05, 3.63) is 47.7 Å². The summed E-state index contributed by atoms with van der Waals surface area (Å²) in [5.74, 6) is -0.941. The molecular formula is C22H25F5N4O3S. The minimum absolute atomic E-state index is 0.0678. The van der Waals surface area contributed by atoms with Gasteiger partial charge in [0.25, 0.3) is 5.91 Å². The number of amides is 1. The van der Waals surface area contributed by atoms with Crippen LogP contribution >= 0.6 is 10.2 Å². The number of fused-ring (bicyclic) bond motifs is 1. The maximum atomic E-state index is 13.5. The van der Waals surface area contributed by atoms with Gasteiger partial charge >= 0.3 is 10.2 Å². The molecule has 0 atom stereocenters. The molecule has 0 saturated carbocycles. The Morgan fingerprint density at radius 2 is 1.74 bits per heavy atom. The van der Waals surface area contributed by atoms with Crippen LogP contribution in [0, 0.1) is 0 Å². The zero-order valence-corrected chi connectivity index (χ0v) is 20.2. The molecule has 0 saturated heterocycles. The lowest BCUT2D eigenvalue weighted by atomic mass is 10.1. The number of aromatic nitrogens is 1. The Morgan fingerprint density at radius 1 is 1.09 bits per heavy atom. The number of ether oxygens (including phenoxy) is 1. The normalized spacial score (nSPS) is 13.7. The Balaban J connectivity index is 2.08. The number of hydrogen-bond donors (Lipinski definition) is 2. The highest BCUT2D eigenvalue weighted by molar-refractivity contribution is 8.45. The van der Waals surface area contributed by atoms with Crippen LogP contribution in [0.15, 0.2) is 41.4 Å². The van der Waals surface area contributed by atoms with Gasteiger partial charge in [0.2, 0.25) is 0 Å². The first-order chi connectivity index (χ1) is 15.9. The number of nitrogens with one attached hydrogen (secondary N) is 1. The Morgan fingerprint density at radius 3 is 2.29 bits per heavy atom. The third-order valence-electron chi connectivity index (χ3n) is 5.29. The predicted octanol–water partition coefficient (Wildman–Crippen LogP) is 5.59. The molecule has 0 aliphatic carbocycles. The van der Waals surface area contributed by atoms with Crippen LogP contribution in [0.5, 0.6) is 5.75 Å². The first-order valence-corrected chi connectivity index (χ1v) is 12.3. The summed E-state index contributed by atoms with van der Waals surface area (Å²) < 4.78 is 74.3. The van der Waals surface area contributed by atoms with E-state index in [1.807, 2.05) is 0 Å². The Hall–Kier alpha value is -3.48. The molecule has 3 aromatic rings. The second kappa shape index (κ2) is 8.04. The summed E-state index contributed by atoms with van der Waals surface area (Å²) in [5.41, 5.74) is 5.61.